The van der Waals surface area contributed by atoms with Crippen molar-refractivity contribution >= 4 is 21.7 Å². The lowest BCUT2D eigenvalue weighted by Gasteiger charge is -2.08. The fraction of sp³-hybridized carbons (Fsp3) is 0.385. The fourth-order valence-electron chi connectivity index (χ4n) is 1.69. The topological polar surface area (TPSA) is 51.0 Å². The highest BCUT2D eigenvalue weighted by molar-refractivity contribution is 9.10. The summed E-state index contributed by atoms with van der Waals surface area (Å²) in [5.41, 5.74) is 1.02. The maximum atomic E-state index is 5.49. The third-order valence-corrected chi connectivity index (χ3v) is 2.87. The van der Waals surface area contributed by atoms with Crippen molar-refractivity contribution in [2.24, 2.45) is 5.92 Å². The normalized spacial score (nSPS) is 10.9. The van der Waals surface area contributed by atoms with Crippen molar-refractivity contribution < 1.29 is 4.42 Å². The van der Waals surface area contributed by atoms with Crippen molar-refractivity contribution in [3.8, 4) is 11.6 Å². The molecule has 0 bridgehead atoms. The summed E-state index contributed by atoms with van der Waals surface area (Å²) in [5, 5.41) is 3.05. The monoisotopic (exact) mass is 309 g/mol. The lowest BCUT2D eigenvalue weighted by molar-refractivity contribution is 0.550. The van der Waals surface area contributed by atoms with Crippen LogP contribution in [-0.2, 0) is 6.42 Å². The molecule has 4 nitrogen and oxygen atoms in total. The molecule has 2 aromatic heterocycles. The molecule has 0 amide bonds. The van der Waals surface area contributed by atoms with Gasteiger partial charge in [0.2, 0.25) is 0 Å². The Labute approximate surface area is 115 Å². The van der Waals surface area contributed by atoms with E-state index in [1.54, 1.807) is 0 Å². The van der Waals surface area contributed by atoms with Crippen LogP contribution in [0.1, 0.15) is 19.5 Å². The van der Waals surface area contributed by atoms with Crippen LogP contribution in [0, 0.1) is 5.92 Å². The van der Waals surface area contributed by atoms with Crippen molar-refractivity contribution in [3.63, 3.8) is 0 Å². The van der Waals surface area contributed by atoms with E-state index in [-0.39, 0.29) is 0 Å². The SMILES string of the molecule is CNc1cc(CC(C)C)nc(-c2ccc(Br)o2)n1. The average molecular weight is 310 g/mol. The lowest BCUT2D eigenvalue weighted by Crippen LogP contribution is -2.03. The van der Waals surface area contributed by atoms with Gasteiger partial charge in [0, 0.05) is 18.8 Å². The van der Waals surface area contributed by atoms with E-state index in [0.717, 1.165) is 17.9 Å². The van der Waals surface area contributed by atoms with E-state index in [1.807, 2.05) is 25.2 Å². The van der Waals surface area contributed by atoms with Gasteiger partial charge in [0.1, 0.15) is 5.82 Å². The van der Waals surface area contributed by atoms with Crippen LogP contribution < -0.4 is 5.32 Å². The number of hydrogen-bond donors (Lipinski definition) is 1. The van der Waals surface area contributed by atoms with Gasteiger partial charge in [-0.2, -0.15) is 0 Å². The molecular formula is C13H16BrN3O. The molecule has 0 fully saturated rings. The Bertz CT molecular complexity index is 537. The molecule has 2 aromatic rings. The molecule has 18 heavy (non-hydrogen) atoms. The van der Waals surface area contributed by atoms with E-state index in [2.05, 4.69) is 45.1 Å². The zero-order chi connectivity index (χ0) is 13.1. The third kappa shape index (κ3) is 3.10. The summed E-state index contributed by atoms with van der Waals surface area (Å²) in [4.78, 5) is 8.95. The average Bonchev–Trinajstić information content (AvgIpc) is 2.74. The van der Waals surface area contributed by atoms with Gasteiger partial charge in [-0.3, -0.25) is 0 Å². The second-order valence-corrected chi connectivity index (χ2v) is 5.30. The van der Waals surface area contributed by atoms with Gasteiger partial charge in [-0.05, 0) is 40.4 Å². The van der Waals surface area contributed by atoms with Gasteiger partial charge in [0.05, 0.1) is 0 Å². The molecule has 0 atom stereocenters. The summed E-state index contributed by atoms with van der Waals surface area (Å²) in [7, 11) is 1.85. The summed E-state index contributed by atoms with van der Waals surface area (Å²) in [6, 6.07) is 5.67. The molecular weight excluding hydrogens is 294 g/mol. The zero-order valence-electron chi connectivity index (χ0n) is 10.7. The minimum atomic E-state index is 0.556. The first-order chi connectivity index (χ1) is 8.58. The molecule has 0 aromatic carbocycles. The Balaban J connectivity index is 2.40. The summed E-state index contributed by atoms with van der Waals surface area (Å²) in [5.74, 6) is 2.65. The number of hydrogen-bond acceptors (Lipinski definition) is 4. The molecule has 2 rings (SSSR count). The second kappa shape index (κ2) is 5.52. The molecule has 0 spiro atoms. The first kappa shape index (κ1) is 13.1. The maximum Gasteiger partial charge on any atom is 0.197 e. The van der Waals surface area contributed by atoms with E-state index in [0.29, 0.717) is 22.2 Å². The Kier molecular flexibility index (Phi) is 4.01. The molecule has 2 heterocycles. The quantitative estimate of drug-likeness (QED) is 0.934. The van der Waals surface area contributed by atoms with Crippen LogP contribution in [0.15, 0.2) is 27.3 Å². The number of furan rings is 1. The van der Waals surface area contributed by atoms with Gasteiger partial charge in [-0.25, -0.2) is 9.97 Å². The van der Waals surface area contributed by atoms with Gasteiger partial charge < -0.3 is 9.73 Å². The Morgan fingerprint density at radius 3 is 2.67 bits per heavy atom. The lowest BCUT2D eigenvalue weighted by atomic mass is 10.1. The number of aromatic nitrogens is 2. The van der Waals surface area contributed by atoms with Gasteiger partial charge >= 0.3 is 0 Å². The van der Waals surface area contributed by atoms with Crippen LogP contribution in [-0.4, -0.2) is 17.0 Å². The summed E-state index contributed by atoms with van der Waals surface area (Å²) in [6.45, 7) is 4.34. The number of nitrogens with one attached hydrogen (secondary N) is 1. The minimum Gasteiger partial charge on any atom is -0.446 e. The van der Waals surface area contributed by atoms with E-state index in [4.69, 9.17) is 4.42 Å². The van der Waals surface area contributed by atoms with Crippen LogP contribution in [0.25, 0.3) is 11.6 Å². The number of anilines is 1. The predicted molar refractivity (Wildman–Crippen MR) is 75.5 cm³/mol. The number of halogens is 1. The van der Waals surface area contributed by atoms with E-state index >= 15 is 0 Å². The van der Waals surface area contributed by atoms with Gasteiger partial charge in [-0.1, -0.05) is 13.8 Å². The summed E-state index contributed by atoms with van der Waals surface area (Å²) in [6.07, 6.45) is 0.923. The number of nitrogens with zero attached hydrogens (tertiary/aromatic N) is 2. The molecule has 5 heteroatoms. The number of rotatable bonds is 4. The Morgan fingerprint density at radius 2 is 2.11 bits per heavy atom. The Morgan fingerprint density at radius 1 is 1.33 bits per heavy atom. The zero-order valence-corrected chi connectivity index (χ0v) is 12.3. The van der Waals surface area contributed by atoms with Crippen molar-refractivity contribution in [3.05, 3.63) is 28.6 Å². The van der Waals surface area contributed by atoms with Crippen LogP contribution in [0.5, 0.6) is 0 Å². The van der Waals surface area contributed by atoms with Crippen molar-refractivity contribution in [2.75, 3.05) is 12.4 Å². The summed E-state index contributed by atoms with van der Waals surface area (Å²) >= 11 is 3.29. The first-order valence-corrected chi connectivity index (χ1v) is 6.69. The third-order valence-electron chi connectivity index (χ3n) is 2.45. The van der Waals surface area contributed by atoms with Crippen LogP contribution in [0.2, 0.25) is 0 Å². The predicted octanol–water partition coefficient (Wildman–Crippen LogP) is 3.74. The maximum absolute atomic E-state index is 5.49. The molecule has 96 valence electrons. The van der Waals surface area contributed by atoms with Crippen molar-refractivity contribution in [1.29, 1.82) is 0 Å². The van der Waals surface area contributed by atoms with E-state index < -0.39 is 0 Å². The summed E-state index contributed by atoms with van der Waals surface area (Å²) < 4.78 is 6.17. The minimum absolute atomic E-state index is 0.556. The Hall–Kier alpha value is -1.36. The molecule has 1 N–H and O–H groups in total. The molecule has 0 aliphatic rings. The van der Waals surface area contributed by atoms with Gasteiger partial charge in [0.25, 0.3) is 0 Å². The van der Waals surface area contributed by atoms with Crippen LogP contribution >= 0.6 is 15.9 Å². The molecule has 0 saturated carbocycles. The van der Waals surface area contributed by atoms with Crippen molar-refractivity contribution in [2.45, 2.75) is 20.3 Å². The molecule has 0 saturated heterocycles. The highest BCUT2D eigenvalue weighted by atomic mass is 79.9. The molecule has 0 unspecified atom stereocenters. The molecule has 0 aliphatic heterocycles. The van der Waals surface area contributed by atoms with Crippen LogP contribution in [0.3, 0.4) is 0 Å². The first-order valence-electron chi connectivity index (χ1n) is 5.90. The second-order valence-electron chi connectivity index (χ2n) is 4.52. The smallest absolute Gasteiger partial charge is 0.197 e. The largest absolute Gasteiger partial charge is 0.446 e. The van der Waals surface area contributed by atoms with E-state index in [9.17, 15) is 0 Å². The van der Waals surface area contributed by atoms with Crippen LogP contribution in [0.4, 0.5) is 5.82 Å². The van der Waals surface area contributed by atoms with Gasteiger partial charge in [-0.15, -0.1) is 0 Å². The van der Waals surface area contributed by atoms with Crippen molar-refractivity contribution in [1.82, 2.24) is 9.97 Å². The molecule has 0 aliphatic carbocycles. The molecule has 0 radical (unpaired) electrons. The van der Waals surface area contributed by atoms with E-state index in [1.165, 1.54) is 0 Å². The highest BCUT2D eigenvalue weighted by Gasteiger charge is 2.10. The van der Waals surface area contributed by atoms with Gasteiger partial charge in [0.15, 0.2) is 16.3 Å². The standard InChI is InChI=1S/C13H16BrN3O/c1-8(2)6-9-7-12(15-3)17-13(16-9)10-4-5-11(14)18-10/h4-5,7-8H,6H2,1-3H3,(H,15,16,17). The fourth-order valence-corrected chi connectivity index (χ4v) is 2.00. The highest BCUT2D eigenvalue weighted by Crippen LogP contribution is 2.24.